The Morgan fingerprint density at radius 1 is 1.22 bits per heavy atom. The van der Waals surface area contributed by atoms with Gasteiger partial charge in [-0.05, 0) is 54.7 Å². The van der Waals surface area contributed by atoms with E-state index in [1.165, 1.54) is 0 Å². The highest BCUT2D eigenvalue weighted by Gasteiger charge is 2.31. The summed E-state index contributed by atoms with van der Waals surface area (Å²) in [4.78, 5) is 25.0. The maximum Gasteiger partial charge on any atom is 0.315 e. The number of esters is 1. The molecule has 0 saturated heterocycles. The summed E-state index contributed by atoms with van der Waals surface area (Å²) in [5, 5.41) is 11.9. The number of nitrogens with zero attached hydrogens (tertiary/aromatic N) is 1. The molecule has 0 aliphatic heterocycles. The van der Waals surface area contributed by atoms with Gasteiger partial charge in [0.2, 0.25) is 0 Å². The number of aromatic amines is 1. The first-order chi connectivity index (χ1) is 13.1. The number of fused-ring (bicyclic) bond motifs is 2. The number of hydrogen-bond donors (Lipinski definition) is 2. The topological polar surface area (TPSA) is 84.1 Å². The molecule has 0 bridgehead atoms. The smallest absolute Gasteiger partial charge is 0.315 e. The van der Waals surface area contributed by atoms with Crippen LogP contribution in [0.25, 0.3) is 10.8 Å². The van der Waals surface area contributed by atoms with Gasteiger partial charge >= 0.3 is 5.97 Å². The first-order valence-electron chi connectivity index (χ1n) is 9.14. The molecule has 1 aliphatic rings. The fraction of sp³-hybridized carbons (Fsp3) is 0.286. The highest BCUT2D eigenvalue weighted by atomic mass is 16.5. The Balaban J connectivity index is 1.41. The summed E-state index contributed by atoms with van der Waals surface area (Å²) < 4.78 is 5.44. The van der Waals surface area contributed by atoms with Crippen molar-refractivity contribution < 1.29 is 14.3 Å². The number of H-pyrrole nitrogens is 1. The van der Waals surface area contributed by atoms with Gasteiger partial charge in [-0.25, -0.2) is 0 Å². The summed E-state index contributed by atoms with van der Waals surface area (Å²) in [7, 11) is 0. The van der Waals surface area contributed by atoms with Crippen molar-refractivity contribution in [2.45, 2.75) is 38.2 Å². The summed E-state index contributed by atoms with van der Waals surface area (Å²) in [6.45, 7) is 1.59. The lowest BCUT2D eigenvalue weighted by Gasteiger charge is -2.22. The number of aromatic nitrogens is 2. The van der Waals surface area contributed by atoms with E-state index >= 15 is 0 Å². The second kappa shape index (κ2) is 7.23. The Kier molecular flexibility index (Phi) is 4.62. The SMILES string of the molecule is C[C@@H](OC(=O)[C@@H]1CCCc2cn[nH]c21)C(=O)Nc1ccc2ccccc2c1. The quantitative estimate of drug-likeness (QED) is 0.694. The van der Waals surface area contributed by atoms with Crippen LogP contribution in [0.5, 0.6) is 0 Å². The molecule has 1 aliphatic carbocycles. The average Bonchev–Trinajstić information content (AvgIpc) is 3.16. The van der Waals surface area contributed by atoms with Gasteiger partial charge in [0, 0.05) is 5.69 Å². The summed E-state index contributed by atoms with van der Waals surface area (Å²) in [5.41, 5.74) is 2.54. The van der Waals surface area contributed by atoms with Gasteiger partial charge in [0.1, 0.15) is 0 Å². The predicted molar refractivity (Wildman–Crippen MR) is 102 cm³/mol. The van der Waals surface area contributed by atoms with Crippen LogP contribution in [-0.2, 0) is 20.7 Å². The lowest BCUT2D eigenvalue weighted by Crippen LogP contribution is -2.32. The van der Waals surface area contributed by atoms with Gasteiger partial charge in [-0.15, -0.1) is 0 Å². The van der Waals surface area contributed by atoms with Crippen LogP contribution in [0, 0.1) is 0 Å². The number of amides is 1. The fourth-order valence-electron chi connectivity index (χ4n) is 3.52. The predicted octanol–water partition coefficient (Wildman–Crippen LogP) is 3.55. The van der Waals surface area contributed by atoms with Crippen molar-refractivity contribution in [3.8, 4) is 0 Å². The molecule has 0 radical (unpaired) electrons. The van der Waals surface area contributed by atoms with Crippen LogP contribution in [0.1, 0.15) is 36.9 Å². The van der Waals surface area contributed by atoms with E-state index in [9.17, 15) is 9.59 Å². The standard InChI is InChI=1S/C21H21N3O3/c1-13(27-21(26)18-8-4-7-16-12-22-24-19(16)18)20(25)23-17-10-9-14-5-2-3-6-15(14)11-17/h2-3,5-6,9-13,18H,4,7-8H2,1H3,(H,22,24)(H,23,25)/t13-,18-/m1/s1. The minimum absolute atomic E-state index is 0.348. The molecule has 0 saturated carbocycles. The lowest BCUT2D eigenvalue weighted by atomic mass is 9.88. The van der Waals surface area contributed by atoms with E-state index in [0.717, 1.165) is 34.9 Å². The molecular weight excluding hydrogens is 342 g/mol. The molecule has 2 atom stereocenters. The molecule has 0 unspecified atom stereocenters. The molecule has 1 heterocycles. The average molecular weight is 363 g/mol. The molecule has 1 amide bonds. The molecule has 2 N–H and O–H groups in total. The van der Waals surface area contributed by atoms with Crippen LogP contribution in [0.3, 0.4) is 0 Å². The van der Waals surface area contributed by atoms with Crippen LogP contribution in [0.15, 0.2) is 48.7 Å². The third kappa shape index (κ3) is 3.56. The normalized spacial score (nSPS) is 17.1. The van der Waals surface area contributed by atoms with Crippen molar-refractivity contribution in [2.75, 3.05) is 5.32 Å². The minimum atomic E-state index is -0.878. The Labute approximate surface area is 156 Å². The Morgan fingerprint density at radius 3 is 2.89 bits per heavy atom. The first-order valence-corrected chi connectivity index (χ1v) is 9.14. The molecular formula is C21H21N3O3. The highest BCUT2D eigenvalue weighted by molar-refractivity contribution is 5.97. The van der Waals surface area contributed by atoms with Crippen LogP contribution in [0.2, 0.25) is 0 Å². The number of ether oxygens (including phenoxy) is 1. The zero-order valence-electron chi connectivity index (χ0n) is 15.1. The van der Waals surface area contributed by atoms with Gasteiger partial charge < -0.3 is 10.1 Å². The number of carbonyl (C=O) groups is 2. The number of rotatable bonds is 4. The first kappa shape index (κ1) is 17.3. The molecule has 0 spiro atoms. The van der Waals surface area contributed by atoms with Crippen molar-refractivity contribution >= 4 is 28.3 Å². The van der Waals surface area contributed by atoms with Gasteiger partial charge in [-0.1, -0.05) is 30.3 Å². The van der Waals surface area contributed by atoms with Crippen molar-refractivity contribution in [3.63, 3.8) is 0 Å². The van der Waals surface area contributed by atoms with E-state index in [4.69, 9.17) is 4.74 Å². The van der Waals surface area contributed by atoms with Crippen molar-refractivity contribution in [1.82, 2.24) is 10.2 Å². The van der Waals surface area contributed by atoms with E-state index < -0.39 is 6.10 Å². The minimum Gasteiger partial charge on any atom is -0.452 e. The molecule has 3 aromatic rings. The van der Waals surface area contributed by atoms with Gasteiger partial charge in [0.25, 0.3) is 5.91 Å². The molecule has 1 aromatic heterocycles. The van der Waals surface area contributed by atoms with Gasteiger partial charge in [0.05, 0.1) is 17.8 Å². The van der Waals surface area contributed by atoms with E-state index in [0.29, 0.717) is 12.1 Å². The van der Waals surface area contributed by atoms with Gasteiger partial charge in [-0.3, -0.25) is 14.7 Å². The Hall–Kier alpha value is -3.15. The summed E-state index contributed by atoms with van der Waals surface area (Å²) in [5.74, 6) is -1.12. The Bertz CT molecular complexity index is 995. The maximum absolute atomic E-state index is 12.6. The molecule has 27 heavy (non-hydrogen) atoms. The molecule has 6 heteroatoms. The summed E-state index contributed by atoms with van der Waals surface area (Å²) in [6.07, 6.45) is 3.40. The number of benzene rings is 2. The van der Waals surface area contributed by atoms with E-state index in [1.807, 2.05) is 42.5 Å². The largest absolute Gasteiger partial charge is 0.452 e. The number of hydrogen-bond acceptors (Lipinski definition) is 4. The molecule has 138 valence electrons. The summed E-state index contributed by atoms with van der Waals surface area (Å²) in [6, 6.07) is 13.6. The zero-order chi connectivity index (χ0) is 18.8. The number of carbonyl (C=O) groups excluding carboxylic acids is 2. The third-order valence-corrected chi connectivity index (χ3v) is 5.00. The van der Waals surface area contributed by atoms with Crippen LogP contribution in [0.4, 0.5) is 5.69 Å². The molecule has 4 rings (SSSR count). The van der Waals surface area contributed by atoms with Crippen LogP contribution < -0.4 is 5.32 Å². The van der Waals surface area contributed by atoms with Crippen LogP contribution in [-0.4, -0.2) is 28.2 Å². The second-order valence-electron chi connectivity index (χ2n) is 6.88. The maximum atomic E-state index is 12.6. The second-order valence-corrected chi connectivity index (χ2v) is 6.88. The van der Waals surface area contributed by atoms with Crippen molar-refractivity contribution in [3.05, 3.63) is 59.9 Å². The number of nitrogens with one attached hydrogen (secondary N) is 2. The van der Waals surface area contributed by atoms with Crippen molar-refractivity contribution in [1.29, 1.82) is 0 Å². The third-order valence-electron chi connectivity index (χ3n) is 5.00. The molecule has 6 nitrogen and oxygen atoms in total. The molecule has 2 aromatic carbocycles. The lowest BCUT2D eigenvalue weighted by molar-refractivity contribution is -0.155. The van der Waals surface area contributed by atoms with Crippen LogP contribution >= 0.6 is 0 Å². The molecule has 0 fully saturated rings. The zero-order valence-corrected chi connectivity index (χ0v) is 15.1. The van der Waals surface area contributed by atoms with E-state index in [-0.39, 0.29) is 17.8 Å². The monoisotopic (exact) mass is 363 g/mol. The van der Waals surface area contributed by atoms with E-state index in [1.54, 1.807) is 13.1 Å². The van der Waals surface area contributed by atoms with E-state index in [2.05, 4.69) is 15.5 Å². The van der Waals surface area contributed by atoms with Gasteiger partial charge in [-0.2, -0.15) is 5.10 Å². The Morgan fingerprint density at radius 2 is 2.04 bits per heavy atom. The van der Waals surface area contributed by atoms with Gasteiger partial charge in [0.15, 0.2) is 6.10 Å². The fourth-order valence-corrected chi connectivity index (χ4v) is 3.52. The van der Waals surface area contributed by atoms with Crippen molar-refractivity contribution in [2.24, 2.45) is 0 Å². The highest BCUT2D eigenvalue weighted by Crippen LogP contribution is 2.31. The number of aryl methyl sites for hydroxylation is 1. The number of anilines is 1. The summed E-state index contributed by atoms with van der Waals surface area (Å²) >= 11 is 0.